The van der Waals surface area contributed by atoms with Gasteiger partial charge in [0.2, 0.25) is 5.91 Å². The van der Waals surface area contributed by atoms with E-state index in [-0.39, 0.29) is 11.9 Å². The second-order valence-corrected chi connectivity index (χ2v) is 4.97. The number of amides is 1. The van der Waals surface area contributed by atoms with Crippen molar-refractivity contribution in [3.8, 4) is 0 Å². The molecule has 3 atom stereocenters. The number of nitrogens with zero attached hydrogens (tertiary/aromatic N) is 1. The van der Waals surface area contributed by atoms with Crippen LogP contribution in [0.4, 0.5) is 0 Å². The third-order valence-corrected chi connectivity index (χ3v) is 3.58. The Morgan fingerprint density at radius 3 is 2.94 bits per heavy atom. The van der Waals surface area contributed by atoms with Crippen LogP contribution >= 0.6 is 0 Å². The molecule has 0 spiro atoms. The molecule has 1 aliphatic carbocycles. The van der Waals surface area contributed by atoms with Gasteiger partial charge in [-0.05, 0) is 31.6 Å². The first-order valence-electron chi connectivity index (χ1n) is 6.32. The van der Waals surface area contributed by atoms with Gasteiger partial charge in [-0.25, -0.2) is 0 Å². The molecule has 0 bridgehead atoms. The van der Waals surface area contributed by atoms with Crippen LogP contribution < -0.4 is 10.6 Å². The van der Waals surface area contributed by atoms with Crippen molar-refractivity contribution in [2.24, 2.45) is 16.8 Å². The van der Waals surface area contributed by atoms with Gasteiger partial charge < -0.3 is 5.32 Å². The molecule has 1 aliphatic heterocycles. The lowest BCUT2D eigenvalue weighted by molar-refractivity contribution is -0.121. The molecule has 1 saturated carbocycles. The van der Waals surface area contributed by atoms with Crippen LogP contribution in [0, 0.1) is 11.8 Å². The van der Waals surface area contributed by atoms with Crippen LogP contribution in [-0.4, -0.2) is 24.5 Å². The number of carbonyl (C=O) groups excluding carboxylic acids is 1. The van der Waals surface area contributed by atoms with Crippen molar-refractivity contribution in [2.75, 3.05) is 6.54 Å². The van der Waals surface area contributed by atoms with Crippen molar-refractivity contribution in [3.63, 3.8) is 0 Å². The molecular formula is C12H21N3O. The molecule has 1 saturated heterocycles. The predicted molar refractivity (Wildman–Crippen MR) is 64.2 cm³/mol. The molecule has 90 valence electrons. The fourth-order valence-electron chi connectivity index (χ4n) is 2.80. The summed E-state index contributed by atoms with van der Waals surface area (Å²) in [6.45, 7) is 4.95. The molecule has 4 heteroatoms. The third kappa shape index (κ3) is 2.36. The van der Waals surface area contributed by atoms with E-state index in [2.05, 4.69) is 22.5 Å². The largest absolute Gasteiger partial charge is 0.344 e. The van der Waals surface area contributed by atoms with Gasteiger partial charge in [0, 0.05) is 6.54 Å². The van der Waals surface area contributed by atoms with Gasteiger partial charge in [-0.15, -0.1) is 0 Å². The molecule has 0 radical (unpaired) electrons. The third-order valence-electron chi connectivity index (χ3n) is 3.58. The van der Waals surface area contributed by atoms with Crippen LogP contribution in [0.1, 0.15) is 39.5 Å². The summed E-state index contributed by atoms with van der Waals surface area (Å²) in [4.78, 5) is 16.0. The second kappa shape index (κ2) is 4.85. The van der Waals surface area contributed by atoms with Crippen molar-refractivity contribution >= 4 is 11.9 Å². The smallest absolute Gasteiger partial charge is 0.249 e. The SMILES string of the molecule is CCN=C1NC(=O)C(C2CCCC(C)C2)N1. The number of carbonyl (C=O) groups is 1. The molecule has 2 fully saturated rings. The summed E-state index contributed by atoms with van der Waals surface area (Å²) in [7, 11) is 0. The molecule has 0 aromatic heterocycles. The zero-order chi connectivity index (χ0) is 11.5. The Morgan fingerprint density at radius 2 is 2.25 bits per heavy atom. The molecule has 1 heterocycles. The average molecular weight is 223 g/mol. The highest BCUT2D eigenvalue weighted by atomic mass is 16.2. The monoisotopic (exact) mass is 223 g/mol. The van der Waals surface area contributed by atoms with E-state index >= 15 is 0 Å². The summed E-state index contributed by atoms with van der Waals surface area (Å²) in [5.74, 6) is 2.00. The lowest BCUT2D eigenvalue weighted by atomic mass is 9.78. The van der Waals surface area contributed by atoms with E-state index in [0.29, 0.717) is 18.4 Å². The highest BCUT2D eigenvalue weighted by molar-refractivity contribution is 6.06. The molecule has 0 aromatic rings. The summed E-state index contributed by atoms with van der Waals surface area (Å²) >= 11 is 0. The lowest BCUT2D eigenvalue weighted by Gasteiger charge is -2.29. The van der Waals surface area contributed by atoms with Crippen molar-refractivity contribution in [1.82, 2.24) is 10.6 Å². The number of nitrogens with one attached hydrogen (secondary N) is 2. The zero-order valence-corrected chi connectivity index (χ0v) is 10.1. The van der Waals surface area contributed by atoms with Crippen LogP contribution in [0.3, 0.4) is 0 Å². The molecule has 3 unspecified atom stereocenters. The van der Waals surface area contributed by atoms with Crippen LogP contribution in [0.25, 0.3) is 0 Å². The van der Waals surface area contributed by atoms with E-state index in [1.807, 2.05) is 6.92 Å². The van der Waals surface area contributed by atoms with Crippen LogP contribution in [0.2, 0.25) is 0 Å². The maximum Gasteiger partial charge on any atom is 0.249 e. The van der Waals surface area contributed by atoms with Gasteiger partial charge in [-0.1, -0.05) is 19.8 Å². The van der Waals surface area contributed by atoms with Gasteiger partial charge in [0.05, 0.1) is 0 Å². The zero-order valence-electron chi connectivity index (χ0n) is 10.1. The maximum atomic E-state index is 11.8. The van der Waals surface area contributed by atoms with Crippen molar-refractivity contribution in [3.05, 3.63) is 0 Å². The maximum absolute atomic E-state index is 11.8. The minimum Gasteiger partial charge on any atom is -0.344 e. The van der Waals surface area contributed by atoms with Gasteiger partial charge in [0.25, 0.3) is 0 Å². The first kappa shape index (κ1) is 11.4. The number of hydrogen-bond acceptors (Lipinski definition) is 2. The number of aliphatic imine (C=N–C) groups is 1. The minimum absolute atomic E-state index is 0.0481. The summed E-state index contributed by atoms with van der Waals surface area (Å²) in [5.41, 5.74) is 0. The summed E-state index contributed by atoms with van der Waals surface area (Å²) in [6, 6.07) is -0.0481. The van der Waals surface area contributed by atoms with E-state index in [1.54, 1.807) is 0 Å². The summed E-state index contributed by atoms with van der Waals surface area (Å²) in [5, 5.41) is 6.04. The van der Waals surface area contributed by atoms with Crippen LogP contribution in [-0.2, 0) is 4.79 Å². The first-order chi connectivity index (χ1) is 7.70. The van der Waals surface area contributed by atoms with E-state index in [4.69, 9.17) is 0 Å². The molecule has 2 rings (SSSR count). The predicted octanol–water partition coefficient (Wildman–Crippen LogP) is 1.28. The Balaban J connectivity index is 1.99. The standard InChI is InChI=1S/C12H21N3O/c1-3-13-12-14-10(11(16)15-12)9-6-4-5-8(2)7-9/h8-10H,3-7H2,1-2H3,(H2,13,14,15,16). The minimum atomic E-state index is -0.0481. The normalized spacial score (nSPS) is 37.2. The highest BCUT2D eigenvalue weighted by Crippen LogP contribution is 2.31. The molecule has 2 N–H and O–H groups in total. The van der Waals surface area contributed by atoms with Gasteiger partial charge in [0.1, 0.15) is 6.04 Å². The van der Waals surface area contributed by atoms with Gasteiger partial charge >= 0.3 is 0 Å². The Hall–Kier alpha value is -1.06. The fraction of sp³-hybridized carbons (Fsp3) is 0.833. The average Bonchev–Trinajstić information content (AvgIpc) is 2.60. The van der Waals surface area contributed by atoms with Gasteiger partial charge in [0.15, 0.2) is 5.96 Å². The van der Waals surface area contributed by atoms with Crippen LogP contribution in [0.5, 0.6) is 0 Å². The quantitative estimate of drug-likeness (QED) is 0.741. The van der Waals surface area contributed by atoms with Crippen molar-refractivity contribution < 1.29 is 4.79 Å². The summed E-state index contributed by atoms with van der Waals surface area (Å²) in [6.07, 6.45) is 4.87. The highest BCUT2D eigenvalue weighted by Gasteiger charge is 2.36. The van der Waals surface area contributed by atoms with Crippen molar-refractivity contribution in [1.29, 1.82) is 0 Å². The lowest BCUT2D eigenvalue weighted by Crippen LogP contribution is -2.39. The Bertz CT molecular complexity index is 301. The number of guanidine groups is 1. The molecule has 4 nitrogen and oxygen atoms in total. The number of rotatable bonds is 2. The van der Waals surface area contributed by atoms with E-state index in [9.17, 15) is 4.79 Å². The molecule has 1 amide bonds. The van der Waals surface area contributed by atoms with Gasteiger partial charge in [-0.3, -0.25) is 15.1 Å². The van der Waals surface area contributed by atoms with Crippen molar-refractivity contribution in [2.45, 2.75) is 45.6 Å². The Kier molecular flexibility index (Phi) is 3.46. The fourth-order valence-corrected chi connectivity index (χ4v) is 2.80. The van der Waals surface area contributed by atoms with Crippen LogP contribution in [0.15, 0.2) is 4.99 Å². The van der Waals surface area contributed by atoms with E-state index < -0.39 is 0 Å². The summed E-state index contributed by atoms with van der Waals surface area (Å²) < 4.78 is 0. The topological polar surface area (TPSA) is 53.5 Å². The number of hydrogen-bond donors (Lipinski definition) is 2. The van der Waals surface area contributed by atoms with Gasteiger partial charge in [-0.2, -0.15) is 0 Å². The Morgan fingerprint density at radius 1 is 1.44 bits per heavy atom. The van der Waals surface area contributed by atoms with E-state index in [1.165, 1.54) is 12.8 Å². The molecule has 2 aliphatic rings. The molecular weight excluding hydrogens is 202 g/mol. The Labute approximate surface area is 96.9 Å². The first-order valence-corrected chi connectivity index (χ1v) is 6.32. The van der Waals surface area contributed by atoms with E-state index in [0.717, 1.165) is 18.8 Å². The second-order valence-electron chi connectivity index (χ2n) is 4.97. The molecule has 0 aromatic carbocycles. The molecule has 16 heavy (non-hydrogen) atoms.